The molecule has 0 radical (unpaired) electrons. The average Bonchev–Trinajstić information content (AvgIpc) is 2.79. The zero-order chi connectivity index (χ0) is 22.1. The molecule has 7 heteroatoms. The predicted octanol–water partition coefficient (Wildman–Crippen LogP) is 4.51. The van der Waals surface area contributed by atoms with Crippen molar-refractivity contribution in [2.45, 2.75) is 63.6 Å². The molecule has 2 aromatic rings. The summed E-state index contributed by atoms with van der Waals surface area (Å²) in [6.07, 6.45) is 0. The van der Waals surface area contributed by atoms with Gasteiger partial charge in [0, 0.05) is 22.3 Å². The molecule has 0 unspecified atom stereocenters. The van der Waals surface area contributed by atoms with Crippen molar-refractivity contribution in [2.24, 2.45) is 5.73 Å². The van der Waals surface area contributed by atoms with Crippen LogP contribution in [0.15, 0.2) is 47.4 Å². The number of amides is 2. The number of thioether (sulfide) groups is 1. The van der Waals surface area contributed by atoms with Gasteiger partial charge in [-0.3, -0.25) is 9.59 Å². The van der Waals surface area contributed by atoms with Crippen LogP contribution in [0.2, 0.25) is 0 Å². The quantitative estimate of drug-likeness (QED) is 0.702. The molecule has 1 aliphatic rings. The van der Waals surface area contributed by atoms with Gasteiger partial charge in [-0.05, 0) is 48.6 Å². The van der Waals surface area contributed by atoms with Crippen LogP contribution < -0.4 is 16.0 Å². The number of nitrogens with one attached hydrogen (secondary N) is 1. The van der Waals surface area contributed by atoms with Crippen LogP contribution in [0.25, 0.3) is 0 Å². The van der Waals surface area contributed by atoms with E-state index in [0.29, 0.717) is 17.9 Å². The average molecular weight is 462 g/mol. The number of nitrogens with zero attached hydrogens (tertiary/aromatic N) is 1. The first-order valence-corrected chi connectivity index (χ1v) is 11.3. The molecule has 0 saturated heterocycles. The SMILES string of the molecule is CC(C)NC(=O)c1ccc2c(c1)N(Cc1ccc(C(C)(C)C)cc1)C(=O)[C@@H](N)CS2.Cl. The Morgan fingerprint density at radius 1 is 1.19 bits per heavy atom. The number of rotatable bonds is 4. The van der Waals surface area contributed by atoms with Crippen LogP contribution in [0.4, 0.5) is 5.69 Å². The zero-order valence-electron chi connectivity index (χ0n) is 18.8. The third-order valence-corrected chi connectivity index (χ3v) is 6.28. The van der Waals surface area contributed by atoms with Gasteiger partial charge in [0.1, 0.15) is 0 Å². The molecule has 0 bridgehead atoms. The highest BCUT2D eigenvalue weighted by Gasteiger charge is 2.29. The van der Waals surface area contributed by atoms with E-state index in [1.165, 1.54) is 5.56 Å². The fourth-order valence-electron chi connectivity index (χ4n) is 3.36. The molecule has 31 heavy (non-hydrogen) atoms. The molecule has 0 saturated carbocycles. The minimum Gasteiger partial charge on any atom is -0.350 e. The fourth-order valence-corrected chi connectivity index (χ4v) is 4.35. The van der Waals surface area contributed by atoms with E-state index in [-0.39, 0.29) is 35.7 Å². The minimum absolute atomic E-state index is 0. The smallest absolute Gasteiger partial charge is 0.251 e. The number of fused-ring (bicyclic) bond motifs is 1. The Kier molecular flexibility index (Phi) is 8.20. The number of carbonyl (C=O) groups excluding carboxylic acids is 2. The second-order valence-corrected chi connectivity index (χ2v) is 10.2. The van der Waals surface area contributed by atoms with E-state index in [2.05, 4.69) is 50.4 Å². The van der Waals surface area contributed by atoms with Crippen LogP contribution in [0.1, 0.15) is 56.1 Å². The minimum atomic E-state index is -0.579. The molecular weight excluding hydrogens is 430 g/mol. The van der Waals surface area contributed by atoms with Crippen LogP contribution >= 0.6 is 24.2 Å². The van der Waals surface area contributed by atoms with Gasteiger partial charge < -0.3 is 16.0 Å². The maximum Gasteiger partial charge on any atom is 0.251 e. The van der Waals surface area contributed by atoms with Gasteiger partial charge in [0.2, 0.25) is 5.91 Å². The van der Waals surface area contributed by atoms with Gasteiger partial charge in [0.25, 0.3) is 5.91 Å². The second-order valence-electron chi connectivity index (χ2n) is 9.10. The molecule has 2 aromatic carbocycles. The van der Waals surface area contributed by atoms with Crippen molar-refractivity contribution in [1.29, 1.82) is 0 Å². The van der Waals surface area contributed by atoms with Gasteiger partial charge in [0.05, 0.1) is 18.3 Å². The number of carbonyl (C=O) groups is 2. The molecule has 1 heterocycles. The first-order chi connectivity index (χ1) is 14.1. The highest BCUT2D eigenvalue weighted by Crippen LogP contribution is 2.36. The van der Waals surface area contributed by atoms with Crippen LogP contribution in [0, 0.1) is 0 Å². The summed E-state index contributed by atoms with van der Waals surface area (Å²) < 4.78 is 0. The van der Waals surface area contributed by atoms with E-state index in [1.54, 1.807) is 28.8 Å². The number of hydrogen-bond acceptors (Lipinski definition) is 4. The molecule has 0 spiro atoms. The number of nitrogens with two attached hydrogens (primary N) is 1. The van der Waals surface area contributed by atoms with E-state index >= 15 is 0 Å². The lowest BCUT2D eigenvalue weighted by atomic mass is 9.87. The highest BCUT2D eigenvalue weighted by atomic mass is 35.5. The fraction of sp³-hybridized carbons (Fsp3) is 0.417. The molecule has 3 N–H and O–H groups in total. The summed E-state index contributed by atoms with van der Waals surface area (Å²) in [6, 6.07) is 13.3. The van der Waals surface area contributed by atoms with Crippen molar-refractivity contribution in [2.75, 3.05) is 10.7 Å². The van der Waals surface area contributed by atoms with Gasteiger partial charge in [-0.1, -0.05) is 45.0 Å². The van der Waals surface area contributed by atoms with E-state index in [9.17, 15) is 9.59 Å². The molecule has 0 fully saturated rings. The summed E-state index contributed by atoms with van der Waals surface area (Å²) in [4.78, 5) is 28.3. The lowest BCUT2D eigenvalue weighted by Crippen LogP contribution is -2.44. The number of hydrogen-bond donors (Lipinski definition) is 2. The molecule has 168 valence electrons. The molecule has 1 atom stereocenters. The highest BCUT2D eigenvalue weighted by molar-refractivity contribution is 7.99. The molecule has 1 aliphatic heterocycles. The Bertz CT molecular complexity index is 939. The summed E-state index contributed by atoms with van der Waals surface area (Å²) in [5, 5.41) is 2.91. The normalized spacial score (nSPS) is 16.4. The Balaban J connectivity index is 0.00000341. The summed E-state index contributed by atoms with van der Waals surface area (Å²) in [5.74, 6) is 0.249. The first-order valence-electron chi connectivity index (χ1n) is 10.3. The van der Waals surface area contributed by atoms with Gasteiger partial charge in [-0.15, -0.1) is 24.2 Å². The van der Waals surface area contributed by atoms with Crippen LogP contribution in [0.3, 0.4) is 0 Å². The molecule has 2 amide bonds. The lowest BCUT2D eigenvalue weighted by molar-refractivity contribution is -0.119. The molecule has 0 aromatic heterocycles. The lowest BCUT2D eigenvalue weighted by Gasteiger charge is -2.26. The van der Waals surface area contributed by atoms with Gasteiger partial charge in [0.15, 0.2) is 0 Å². The maximum atomic E-state index is 13.1. The van der Waals surface area contributed by atoms with E-state index < -0.39 is 6.04 Å². The van der Waals surface area contributed by atoms with E-state index in [4.69, 9.17) is 5.73 Å². The Labute approximate surface area is 195 Å². The first kappa shape index (κ1) is 25.2. The Morgan fingerprint density at radius 3 is 2.42 bits per heavy atom. The Morgan fingerprint density at radius 2 is 1.84 bits per heavy atom. The van der Waals surface area contributed by atoms with E-state index in [1.807, 2.05) is 19.9 Å². The van der Waals surface area contributed by atoms with E-state index in [0.717, 1.165) is 16.1 Å². The Hall–Kier alpha value is -2.02. The molecule has 3 rings (SSSR count). The van der Waals surface area contributed by atoms with Crippen LogP contribution in [-0.4, -0.2) is 29.7 Å². The van der Waals surface area contributed by atoms with Gasteiger partial charge in [-0.2, -0.15) is 0 Å². The monoisotopic (exact) mass is 461 g/mol. The molecule has 5 nitrogen and oxygen atoms in total. The standard InChI is InChI=1S/C24H31N3O2S.ClH/c1-15(2)26-22(28)17-8-11-21-20(12-17)27(23(29)19(25)14-30-21)13-16-6-9-18(10-7-16)24(3,4)5;/h6-12,15,19H,13-14,25H2,1-5H3,(H,26,28);1H/t19-;/m0./s1. The largest absolute Gasteiger partial charge is 0.350 e. The third-order valence-electron chi connectivity index (χ3n) is 5.09. The third kappa shape index (κ3) is 6.03. The topological polar surface area (TPSA) is 75.4 Å². The molecular formula is C24H32ClN3O2S. The van der Waals surface area contributed by atoms with Crippen LogP contribution in [0.5, 0.6) is 0 Å². The van der Waals surface area contributed by atoms with Crippen molar-refractivity contribution in [3.8, 4) is 0 Å². The van der Waals surface area contributed by atoms with Gasteiger partial charge in [-0.25, -0.2) is 0 Å². The van der Waals surface area contributed by atoms with Crippen molar-refractivity contribution >= 4 is 41.7 Å². The number of benzene rings is 2. The van der Waals surface area contributed by atoms with Gasteiger partial charge >= 0.3 is 0 Å². The second kappa shape index (κ2) is 10.1. The summed E-state index contributed by atoms with van der Waals surface area (Å²) in [5.41, 5.74) is 9.78. The van der Waals surface area contributed by atoms with Crippen LogP contribution in [-0.2, 0) is 16.8 Å². The van der Waals surface area contributed by atoms with Crippen molar-refractivity contribution in [3.05, 3.63) is 59.2 Å². The maximum absolute atomic E-state index is 13.1. The summed E-state index contributed by atoms with van der Waals surface area (Å²) >= 11 is 1.56. The molecule has 0 aliphatic carbocycles. The number of anilines is 1. The van der Waals surface area contributed by atoms with Crippen molar-refractivity contribution in [3.63, 3.8) is 0 Å². The van der Waals surface area contributed by atoms with Crippen molar-refractivity contribution in [1.82, 2.24) is 5.32 Å². The summed E-state index contributed by atoms with van der Waals surface area (Å²) in [6.45, 7) is 10.8. The predicted molar refractivity (Wildman–Crippen MR) is 131 cm³/mol. The number of halogens is 1. The van der Waals surface area contributed by atoms with Crippen molar-refractivity contribution < 1.29 is 9.59 Å². The zero-order valence-corrected chi connectivity index (χ0v) is 20.4. The summed E-state index contributed by atoms with van der Waals surface area (Å²) in [7, 11) is 0.